The molecule has 2 atom stereocenters. The Labute approximate surface area is 106 Å². The first-order chi connectivity index (χ1) is 8.31. The molecule has 0 spiro atoms. The second-order valence-corrected chi connectivity index (χ2v) is 5.84. The Morgan fingerprint density at radius 2 is 2.28 bits per heavy atom. The molecule has 104 valence electrons. The highest BCUT2D eigenvalue weighted by molar-refractivity contribution is 7.85. The van der Waals surface area contributed by atoms with Crippen molar-refractivity contribution in [2.24, 2.45) is 11.7 Å². The summed E-state index contributed by atoms with van der Waals surface area (Å²) in [6, 6.07) is -0.528. The molecule has 0 aromatic heterocycles. The molecule has 1 aliphatic heterocycles. The summed E-state index contributed by atoms with van der Waals surface area (Å²) >= 11 is 0. The first kappa shape index (κ1) is 14.9. The van der Waals surface area contributed by atoms with E-state index < -0.39 is 16.2 Å². The predicted molar refractivity (Wildman–Crippen MR) is 65.3 cm³/mol. The zero-order valence-electron chi connectivity index (χ0n) is 10.0. The van der Waals surface area contributed by atoms with E-state index in [1.165, 1.54) is 5.01 Å². The Kier molecular flexibility index (Phi) is 5.08. The van der Waals surface area contributed by atoms with Gasteiger partial charge in [0.2, 0.25) is 0 Å². The van der Waals surface area contributed by atoms with Gasteiger partial charge in [0.25, 0.3) is 10.1 Å². The normalized spacial score (nSPS) is 19.1. The summed E-state index contributed by atoms with van der Waals surface area (Å²) in [4.78, 5) is 10.5. The Bertz CT molecular complexity index is 422. The number of hydrogen-bond donors (Lipinski definition) is 4. The van der Waals surface area contributed by atoms with Gasteiger partial charge in [-0.2, -0.15) is 8.42 Å². The van der Waals surface area contributed by atoms with Gasteiger partial charge in [-0.15, -0.1) is 5.53 Å². The minimum absolute atomic E-state index is 0.0235. The van der Waals surface area contributed by atoms with E-state index in [1.807, 2.05) is 6.92 Å². The number of nitrogens with one attached hydrogen (secondary N) is 2. The standard InChI is InChI=1S/C9H18N4O4S/c1-7(9(10)6-14)4-8-5-13(12-11-8)2-3-18(15,16)17/h5-7,9,11-12H,2-4,10H2,1H3,(H,15,16,17). The Morgan fingerprint density at radius 3 is 2.83 bits per heavy atom. The molecular formula is C9H18N4O4S. The highest BCUT2D eigenvalue weighted by atomic mass is 32.2. The van der Waals surface area contributed by atoms with Crippen LogP contribution in [0.4, 0.5) is 0 Å². The minimum atomic E-state index is -3.97. The van der Waals surface area contributed by atoms with Crippen LogP contribution in [0.2, 0.25) is 0 Å². The maximum Gasteiger partial charge on any atom is 0.266 e. The molecular weight excluding hydrogens is 260 g/mol. The molecule has 9 heteroatoms. The number of hydrazine groups is 2. The highest BCUT2D eigenvalue weighted by Crippen LogP contribution is 2.13. The summed E-state index contributed by atoms with van der Waals surface area (Å²) in [7, 11) is -3.97. The Morgan fingerprint density at radius 1 is 1.61 bits per heavy atom. The first-order valence-electron chi connectivity index (χ1n) is 5.47. The maximum atomic E-state index is 10.6. The zero-order valence-corrected chi connectivity index (χ0v) is 10.9. The number of allylic oxidation sites excluding steroid dienone is 1. The second kappa shape index (κ2) is 6.14. The van der Waals surface area contributed by atoms with E-state index in [9.17, 15) is 13.2 Å². The van der Waals surface area contributed by atoms with E-state index in [0.717, 1.165) is 5.70 Å². The predicted octanol–water partition coefficient (Wildman–Crippen LogP) is -1.41. The minimum Gasteiger partial charge on any atom is -0.322 e. The fraction of sp³-hybridized carbons (Fsp3) is 0.667. The van der Waals surface area contributed by atoms with Gasteiger partial charge in [0.05, 0.1) is 18.3 Å². The smallest absolute Gasteiger partial charge is 0.266 e. The van der Waals surface area contributed by atoms with Crippen molar-refractivity contribution in [2.75, 3.05) is 12.3 Å². The van der Waals surface area contributed by atoms with Crippen LogP contribution in [0.15, 0.2) is 11.9 Å². The molecule has 0 aromatic carbocycles. The largest absolute Gasteiger partial charge is 0.322 e. The van der Waals surface area contributed by atoms with Crippen LogP contribution in [0.1, 0.15) is 13.3 Å². The molecule has 1 heterocycles. The van der Waals surface area contributed by atoms with E-state index in [2.05, 4.69) is 11.0 Å². The average Bonchev–Trinajstić information content (AvgIpc) is 2.72. The summed E-state index contributed by atoms with van der Waals surface area (Å²) in [5.74, 6) is -0.390. The second-order valence-electron chi connectivity index (χ2n) is 4.27. The van der Waals surface area contributed by atoms with Crippen molar-refractivity contribution in [2.45, 2.75) is 19.4 Å². The van der Waals surface area contributed by atoms with Crippen molar-refractivity contribution in [1.82, 2.24) is 16.0 Å². The zero-order chi connectivity index (χ0) is 13.8. The van der Waals surface area contributed by atoms with Crippen molar-refractivity contribution >= 4 is 16.4 Å². The third-order valence-corrected chi connectivity index (χ3v) is 3.32. The molecule has 0 amide bonds. The van der Waals surface area contributed by atoms with Crippen LogP contribution >= 0.6 is 0 Å². The van der Waals surface area contributed by atoms with Crippen molar-refractivity contribution < 1.29 is 17.8 Å². The molecule has 5 N–H and O–H groups in total. The number of nitrogens with two attached hydrogens (primary N) is 1. The van der Waals surface area contributed by atoms with Crippen LogP contribution in [0, 0.1) is 5.92 Å². The van der Waals surface area contributed by atoms with Gasteiger partial charge in [-0.25, -0.2) is 0 Å². The first-order valence-corrected chi connectivity index (χ1v) is 7.08. The van der Waals surface area contributed by atoms with Gasteiger partial charge in [0.15, 0.2) is 0 Å². The van der Waals surface area contributed by atoms with Gasteiger partial charge in [-0.3, -0.25) is 9.56 Å². The van der Waals surface area contributed by atoms with Crippen LogP contribution in [0.25, 0.3) is 0 Å². The van der Waals surface area contributed by atoms with Gasteiger partial charge in [-0.1, -0.05) is 6.92 Å². The molecule has 1 rings (SSSR count). The number of carbonyl (C=O) groups excluding carboxylic acids is 1. The molecule has 0 saturated heterocycles. The highest BCUT2D eigenvalue weighted by Gasteiger charge is 2.18. The van der Waals surface area contributed by atoms with Gasteiger partial charge in [-0.05, 0) is 12.3 Å². The lowest BCUT2D eigenvalue weighted by Crippen LogP contribution is -2.39. The lowest BCUT2D eigenvalue weighted by molar-refractivity contribution is -0.109. The van der Waals surface area contributed by atoms with Crippen LogP contribution < -0.4 is 16.7 Å². The maximum absolute atomic E-state index is 10.6. The third-order valence-electron chi connectivity index (χ3n) is 2.62. The van der Waals surface area contributed by atoms with E-state index in [1.54, 1.807) is 6.20 Å². The molecule has 0 saturated carbocycles. The lowest BCUT2D eigenvalue weighted by atomic mass is 9.99. The Balaban J connectivity index is 2.43. The van der Waals surface area contributed by atoms with Gasteiger partial charge < -0.3 is 16.0 Å². The molecule has 0 radical (unpaired) electrons. The SMILES string of the molecule is CC(CC1=CN(CCS(=O)(=O)O)NN1)C(N)C=O. The van der Waals surface area contributed by atoms with Crippen LogP contribution in [0.3, 0.4) is 0 Å². The van der Waals surface area contributed by atoms with Crippen molar-refractivity contribution in [3.05, 3.63) is 11.9 Å². The molecule has 2 unspecified atom stereocenters. The number of rotatable bonds is 7. The number of carbonyl (C=O) groups is 1. The quantitative estimate of drug-likeness (QED) is 0.331. The van der Waals surface area contributed by atoms with E-state index in [4.69, 9.17) is 10.3 Å². The molecule has 0 aromatic rings. The fourth-order valence-corrected chi connectivity index (χ4v) is 1.88. The fourth-order valence-electron chi connectivity index (χ4n) is 1.45. The van der Waals surface area contributed by atoms with Crippen molar-refractivity contribution in [1.29, 1.82) is 0 Å². The molecule has 0 bridgehead atoms. The molecule has 8 nitrogen and oxygen atoms in total. The summed E-state index contributed by atoms with van der Waals surface area (Å²) in [5.41, 5.74) is 11.9. The molecule has 0 aliphatic carbocycles. The number of aldehydes is 1. The summed E-state index contributed by atoms with van der Waals surface area (Å²) in [5, 5.41) is 1.50. The topological polar surface area (TPSA) is 125 Å². The monoisotopic (exact) mass is 278 g/mol. The van der Waals surface area contributed by atoms with Crippen LogP contribution in [0.5, 0.6) is 0 Å². The van der Waals surface area contributed by atoms with Gasteiger partial charge >= 0.3 is 0 Å². The summed E-state index contributed by atoms with van der Waals surface area (Å²) in [6.07, 6.45) is 2.94. The molecule has 18 heavy (non-hydrogen) atoms. The average molecular weight is 278 g/mol. The number of hydrogen-bond acceptors (Lipinski definition) is 7. The molecule has 1 aliphatic rings. The summed E-state index contributed by atoms with van der Waals surface area (Å²) in [6.45, 7) is 1.96. The van der Waals surface area contributed by atoms with Crippen LogP contribution in [-0.2, 0) is 14.9 Å². The third kappa shape index (κ3) is 5.00. The summed E-state index contributed by atoms with van der Waals surface area (Å²) < 4.78 is 29.8. The van der Waals surface area contributed by atoms with Gasteiger partial charge in [0.1, 0.15) is 6.29 Å². The molecule has 0 fully saturated rings. The van der Waals surface area contributed by atoms with E-state index in [0.29, 0.717) is 12.7 Å². The Hall–Kier alpha value is -1.16. The van der Waals surface area contributed by atoms with Crippen molar-refractivity contribution in [3.63, 3.8) is 0 Å². The number of nitrogens with zero attached hydrogens (tertiary/aromatic N) is 1. The van der Waals surface area contributed by atoms with Gasteiger partial charge in [0, 0.05) is 11.9 Å². The van der Waals surface area contributed by atoms with E-state index in [-0.39, 0.29) is 18.2 Å². The lowest BCUT2D eigenvalue weighted by Gasteiger charge is -2.14. The van der Waals surface area contributed by atoms with Crippen molar-refractivity contribution in [3.8, 4) is 0 Å². The van der Waals surface area contributed by atoms with Crippen LogP contribution in [-0.4, -0.2) is 42.6 Å². The van der Waals surface area contributed by atoms with E-state index >= 15 is 0 Å².